The molecule has 0 aliphatic heterocycles. The highest BCUT2D eigenvalue weighted by Gasteiger charge is 2.31. The van der Waals surface area contributed by atoms with Crippen LogP contribution in [-0.2, 0) is 23.0 Å². The summed E-state index contributed by atoms with van der Waals surface area (Å²) < 4.78 is 71.5. The van der Waals surface area contributed by atoms with Crippen LogP contribution in [0.5, 0.6) is 5.75 Å². The summed E-state index contributed by atoms with van der Waals surface area (Å²) in [4.78, 5) is 3.83. The Morgan fingerprint density at radius 2 is 1.92 bits per heavy atom. The lowest BCUT2D eigenvalue weighted by Crippen LogP contribution is -2.24. The van der Waals surface area contributed by atoms with E-state index >= 15 is 0 Å². The zero-order valence-corrected chi connectivity index (χ0v) is 14.7. The number of benzene rings is 1. The van der Waals surface area contributed by atoms with E-state index in [2.05, 4.69) is 24.9 Å². The molecule has 1 aromatic heterocycles. The van der Waals surface area contributed by atoms with Crippen molar-refractivity contribution in [2.24, 2.45) is 0 Å². The van der Waals surface area contributed by atoms with Crippen molar-refractivity contribution in [2.75, 3.05) is 7.05 Å². The number of halogens is 3. The fourth-order valence-corrected chi connectivity index (χ4v) is 2.86. The molecule has 0 fully saturated rings. The van der Waals surface area contributed by atoms with E-state index in [9.17, 15) is 21.6 Å². The average Bonchev–Trinajstić information content (AvgIpc) is 2.99. The molecule has 2 N–H and O–H groups in total. The van der Waals surface area contributed by atoms with Crippen molar-refractivity contribution in [3.8, 4) is 5.75 Å². The van der Waals surface area contributed by atoms with E-state index in [1.54, 1.807) is 7.05 Å². The van der Waals surface area contributed by atoms with E-state index in [1.807, 2.05) is 6.92 Å². The third kappa shape index (κ3) is 5.97. The summed E-state index contributed by atoms with van der Waals surface area (Å²) in [7, 11) is -2.18. The Morgan fingerprint density at radius 1 is 1.27 bits per heavy atom. The van der Waals surface area contributed by atoms with Crippen LogP contribution < -0.4 is 14.8 Å². The normalized spacial score (nSPS) is 13.6. The van der Waals surface area contributed by atoms with Crippen molar-refractivity contribution >= 4 is 10.0 Å². The number of alkyl halides is 3. The molecule has 1 heterocycles. The van der Waals surface area contributed by atoms with E-state index < -0.39 is 22.1 Å². The Labute approximate surface area is 147 Å². The Bertz CT molecular complexity index is 821. The molecule has 2 aromatic rings. The Morgan fingerprint density at radius 3 is 2.50 bits per heavy atom. The molecule has 1 atom stereocenters. The molecule has 0 aliphatic carbocycles. The van der Waals surface area contributed by atoms with Crippen LogP contribution in [0.1, 0.15) is 18.6 Å². The summed E-state index contributed by atoms with van der Waals surface area (Å²) in [6, 6.07) is 3.93. The first-order valence-corrected chi connectivity index (χ1v) is 8.91. The lowest BCUT2D eigenvalue weighted by Gasteiger charge is -2.09. The van der Waals surface area contributed by atoms with Gasteiger partial charge in [-0.3, -0.25) is 0 Å². The monoisotopic (exact) mass is 394 g/mol. The lowest BCUT2D eigenvalue weighted by atomic mass is 10.2. The molecule has 12 heteroatoms. The molecule has 0 radical (unpaired) electrons. The van der Waals surface area contributed by atoms with Gasteiger partial charge in [-0.15, -0.1) is 13.2 Å². The fourth-order valence-electron chi connectivity index (χ4n) is 1.88. The molecule has 1 aromatic carbocycles. The molecule has 0 bridgehead atoms. The van der Waals surface area contributed by atoms with Gasteiger partial charge in [0.05, 0.1) is 11.4 Å². The summed E-state index contributed by atoms with van der Waals surface area (Å²) in [5, 5.41) is 6.74. The zero-order chi connectivity index (χ0) is 19.4. The van der Waals surface area contributed by atoms with Crippen molar-refractivity contribution in [3.63, 3.8) is 0 Å². The van der Waals surface area contributed by atoms with E-state index in [4.69, 9.17) is 4.52 Å². The van der Waals surface area contributed by atoms with Crippen molar-refractivity contribution < 1.29 is 30.8 Å². The molecule has 8 nitrogen and oxygen atoms in total. The zero-order valence-electron chi connectivity index (χ0n) is 13.9. The van der Waals surface area contributed by atoms with Crippen LogP contribution in [-0.4, -0.2) is 38.0 Å². The summed E-state index contributed by atoms with van der Waals surface area (Å²) in [5.41, 5.74) is 0. The largest absolute Gasteiger partial charge is 0.573 e. The van der Waals surface area contributed by atoms with Crippen LogP contribution in [0, 0.1) is 0 Å². The predicted molar refractivity (Wildman–Crippen MR) is 83.7 cm³/mol. The summed E-state index contributed by atoms with van der Waals surface area (Å²) in [6.45, 7) is 1.68. The van der Waals surface area contributed by atoms with E-state index in [0.717, 1.165) is 24.3 Å². The number of ether oxygens (including phenoxy) is 1. The number of hydrogen-bond donors (Lipinski definition) is 2. The van der Waals surface area contributed by atoms with Crippen LogP contribution >= 0.6 is 0 Å². The van der Waals surface area contributed by atoms with Gasteiger partial charge in [-0.25, -0.2) is 13.1 Å². The van der Waals surface area contributed by atoms with E-state index in [0.29, 0.717) is 12.2 Å². The third-order valence-corrected chi connectivity index (χ3v) is 4.69. The van der Waals surface area contributed by atoms with Crippen LogP contribution in [0.4, 0.5) is 13.2 Å². The van der Waals surface area contributed by atoms with Gasteiger partial charge in [0.2, 0.25) is 15.9 Å². The molecule has 144 valence electrons. The predicted octanol–water partition coefficient (Wildman–Crippen LogP) is 1.60. The number of nitrogens with one attached hydrogen (secondary N) is 2. The standard InChI is InChI=1S/C14H17F3N4O4S/c1-9(18-2)7-12-20-13(25-21-12)8-19-26(22,23)11-5-3-10(4-6-11)24-14(15,16)17/h3-6,9,18-19H,7-8H2,1-2H3. The second kappa shape index (κ2) is 8.01. The summed E-state index contributed by atoms with van der Waals surface area (Å²) in [5.74, 6) is -0.0183. The molecule has 0 saturated carbocycles. The van der Waals surface area contributed by atoms with Gasteiger partial charge in [-0.1, -0.05) is 5.16 Å². The highest BCUT2D eigenvalue weighted by Crippen LogP contribution is 2.23. The van der Waals surface area contributed by atoms with Gasteiger partial charge in [-0.05, 0) is 38.2 Å². The second-order valence-electron chi connectivity index (χ2n) is 5.34. The maximum Gasteiger partial charge on any atom is 0.573 e. The quantitative estimate of drug-likeness (QED) is 0.700. The molecule has 0 spiro atoms. The van der Waals surface area contributed by atoms with Crippen LogP contribution in [0.25, 0.3) is 0 Å². The number of aromatic nitrogens is 2. The minimum atomic E-state index is -4.85. The summed E-state index contributed by atoms with van der Waals surface area (Å²) in [6.07, 6.45) is -4.34. The van der Waals surface area contributed by atoms with Crippen molar-refractivity contribution in [2.45, 2.75) is 37.2 Å². The van der Waals surface area contributed by atoms with Gasteiger partial charge in [0.1, 0.15) is 5.75 Å². The minimum absolute atomic E-state index is 0.0731. The topological polar surface area (TPSA) is 106 Å². The number of likely N-dealkylation sites (N-methyl/N-ethyl adjacent to an activating group) is 1. The highest BCUT2D eigenvalue weighted by atomic mass is 32.2. The molecule has 0 aliphatic rings. The minimum Gasteiger partial charge on any atom is -0.406 e. The smallest absolute Gasteiger partial charge is 0.406 e. The Balaban J connectivity index is 1.98. The van der Waals surface area contributed by atoms with Gasteiger partial charge in [0.15, 0.2) is 5.82 Å². The van der Waals surface area contributed by atoms with E-state index in [1.165, 1.54) is 0 Å². The lowest BCUT2D eigenvalue weighted by molar-refractivity contribution is -0.274. The average molecular weight is 394 g/mol. The van der Waals surface area contributed by atoms with Crippen LogP contribution in [0.15, 0.2) is 33.7 Å². The number of sulfonamides is 1. The van der Waals surface area contributed by atoms with Gasteiger partial charge >= 0.3 is 6.36 Å². The Kier molecular flexibility index (Phi) is 6.21. The van der Waals surface area contributed by atoms with Crippen LogP contribution in [0.2, 0.25) is 0 Å². The third-order valence-electron chi connectivity index (χ3n) is 3.27. The maximum atomic E-state index is 12.2. The van der Waals surface area contributed by atoms with Crippen molar-refractivity contribution in [1.29, 1.82) is 0 Å². The number of hydrogen-bond acceptors (Lipinski definition) is 7. The van der Waals surface area contributed by atoms with Gasteiger partial charge in [0.25, 0.3) is 0 Å². The highest BCUT2D eigenvalue weighted by molar-refractivity contribution is 7.89. The number of nitrogens with zero attached hydrogens (tertiary/aromatic N) is 2. The Hall–Kier alpha value is -2.18. The first-order chi connectivity index (χ1) is 12.1. The van der Waals surface area contributed by atoms with Crippen molar-refractivity contribution in [1.82, 2.24) is 20.2 Å². The molecule has 2 rings (SSSR count). The molecule has 1 unspecified atom stereocenters. The van der Waals surface area contributed by atoms with Crippen LogP contribution in [0.3, 0.4) is 0 Å². The fraction of sp³-hybridized carbons (Fsp3) is 0.429. The van der Waals surface area contributed by atoms with Gasteiger partial charge in [0, 0.05) is 12.5 Å². The first kappa shape index (κ1) is 20.1. The first-order valence-electron chi connectivity index (χ1n) is 7.43. The van der Waals surface area contributed by atoms with Gasteiger partial charge < -0.3 is 14.6 Å². The molecule has 0 saturated heterocycles. The van der Waals surface area contributed by atoms with Crippen molar-refractivity contribution in [3.05, 3.63) is 36.0 Å². The molecule has 26 heavy (non-hydrogen) atoms. The molecular formula is C14H17F3N4O4S. The number of rotatable bonds is 8. The molecular weight excluding hydrogens is 377 g/mol. The SMILES string of the molecule is CNC(C)Cc1noc(CNS(=O)(=O)c2ccc(OC(F)(F)F)cc2)n1. The van der Waals surface area contributed by atoms with E-state index in [-0.39, 0.29) is 23.4 Å². The molecule has 0 amide bonds. The second-order valence-corrected chi connectivity index (χ2v) is 7.11. The summed E-state index contributed by atoms with van der Waals surface area (Å²) >= 11 is 0. The van der Waals surface area contributed by atoms with Gasteiger partial charge in [-0.2, -0.15) is 4.98 Å². The maximum absolute atomic E-state index is 12.2.